The van der Waals surface area contributed by atoms with Gasteiger partial charge in [-0.05, 0) is 81.2 Å². The molecule has 0 unspecified atom stereocenters. The zero-order valence-electron chi connectivity index (χ0n) is 41.7. The van der Waals surface area contributed by atoms with Gasteiger partial charge in [-0.2, -0.15) is 10.2 Å². The van der Waals surface area contributed by atoms with Crippen LogP contribution in [0.15, 0.2) is 18.6 Å². The number of aromatic nitrogens is 5. The molecule has 0 radical (unpaired) electrons. The summed E-state index contributed by atoms with van der Waals surface area (Å²) in [5.41, 5.74) is 4.49. The largest absolute Gasteiger partial charge is 0.397 e. The predicted molar refractivity (Wildman–Crippen MR) is 264 cm³/mol. The topological polar surface area (TPSA) is 333 Å². The first-order valence-corrected chi connectivity index (χ1v) is 19.4. The number of amides is 6. The third kappa shape index (κ3) is 188. The van der Waals surface area contributed by atoms with Crippen molar-refractivity contribution in [1.29, 1.82) is 0 Å². The Morgan fingerprint density at radius 1 is 0.738 bits per heavy atom. The number of Topliss-reactive ketones (excluding diaryl/α,β-unsaturated/α-hetero) is 1. The van der Waals surface area contributed by atoms with Crippen LogP contribution in [-0.2, 0) is 43.1 Å². The Labute approximate surface area is 396 Å². The van der Waals surface area contributed by atoms with Crippen molar-refractivity contribution in [1.82, 2.24) is 62.9 Å². The van der Waals surface area contributed by atoms with Crippen LogP contribution in [0.4, 0.5) is 0 Å². The highest BCUT2D eigenvalue weighted by Gasteiger charge is 2.21. The average molecular weight is 961 g/mol. The van der Waals surface area contributed by atoms with Crippen LogP contribution in [-0.4, -0.2) is 143 Å². The number of hydrogen-bond donors (Lipinski definition) is 11. The highest BCUT2D eigenvalue weighted by molar-refractivity contribution is 7.80. The van der Waals surface area contributed by atoms with E-state index in [1.807, 2.05) is 54.7 Å². The summed E-state index contributed by atoms with van der Waals surface area (Å²) in [6, 6.07) is 2.44. The molecule has 2 aromatic heterocycles. The van der Waals surface area contributed by atoms with E-state index in [0.29, 0.717) is 6.04 Å². The van der Waals surface area contributed by atoms with Crippen LogP contribution in [0, 0.1) is 13.8 Å². The molecule has 65 heavy (non-hydrogen) atoms. The summed E-state index contributed by atoms with van der Waals surface area (Å²) in [7, 11) is 9.65. The molecule has 1 aliphatic carbocycles. The lowest BCUT2D eigenvalue weighted by molar-refractivity contribution is -0.129. The summed E-state index contributed by atoms with van der Waals surface area (Å²) in [6.45, 7) is 25.1. The SMILES string of the molecule is C.C.CC(=O)NC(C)(C)C.CC(=O)NC1CC1.CC(=O)NO.CC(C)=O.CCO.CNC(C)=O.CNC(C)=O.CNC(C)=S.COC.CONC(C)=O.Cc1ccn[nH]1.Cc1ncn[nH]1. The zero-order chi connectivity index (χ0) is 52.0. The number of H-pyrrole nitrogens is 2. The van der Waals surface area contributed by atoms with Gasteiger partial charge in [0.15, 0.2) is 0 Å². The van der Waals surface area contributed by atoms with Gasteiger partial charge in [0.25, 0.3) is 0 Å². The van der Waals surface area contributed by atoms with Crippen molar-refractivity contribution in [3.8, 4) is 0 Å². The number of thiocarbonyl (C=S) groups is 1. The molecule has 24 heteroatoms. The van der Waals surface area contributed by atoms with Crippen molar-refractivity contribution in [3.63, 3.8) is 0 Å². The molecule has 0 atom stereocenters. The first-order chi connectivity index (χ1) is 28.9. The molecule has 0 saturated heterocycles. The van der Waals surface area contributed by atoms with Crippen molar-refractivity contribution in [3.05, 3.63) is 30.1 Å². The minimum absolute atomic E-state index is 0. The van der Waals surface area contributed by atoms with Gasteiger partial charge in [0.1, 0.15) is 17.9 Å². The van der Waals surface area contributed by atoms with Crippen LogP contribution in [0.2, 0.25) is 0 Å². The lowest BCUT2D eigenvalue weighted by Gasteiger charge is -2.18. The summed E-state index contributed by atoms with van der Waals surface area (Å²) < 4.78 is 4.25. The lowest BCUT2D eigenvalue weighted by atomic mass is 10.1. The van der Waals surface area contributed by atoms with Crippen molar-refractivity contribution in [2.75, 3.05) is 49.1 Å². The van der Waals surface area contributed by atoms with E-state index in [1.54, 1.807) is 48.4 Å². The third-order valence-electron chi connectivity index (χ3n) is 4.17. The third-order valence-corrected chi connectivity index (χ3v) is 4.37. The Kier molecular flexibility index (Phi) is 90.1. The van der Waals surface area contributed by atoms with E-state index in [0.717, 1.165) is 16.5 Å². The molecule has 0 spiro atoms. The Balaban J connectivity index is -0.0000000547. The van der Waals surface area contributed by atoms with Gasteiger partial charge in [-0.25, -0.2) is 15.9 Å². The average Bonchev–Trinajstić information content (AvgIpc) is 3.57. The summed E-state index contributed by atoms with van der Waals surface area (Å²) in [6.07, 6.45) is 5.57. The molecular weight excluding hydrogens is 869 g/mol. The number of ketones is 1. The van der Waals surface area contributed by atoms with E-state index in [-0.39, 0.29) is 62.3 Å². The lowest BCUT2D eigenvalue weighted by Crippen LogP contribution is -2.38. The van der Waals surface area contributed by atoms with E-state index < -0.39 is 5.91 Å². The molecule has 2 heterocycles. The summed E-state index contributed by atoms with van der Waals surface area (Å²) in [4.78, 5) is 77.4. The van der Waals surface area contributed by atoms with Crippen LogP contribution < -0.4 is 37.5 Å². The van der Waals surface area contributed by atoms with Crippen molar-refractivity contribution < 1.29 is 53.4 Å². The van der Waals surface area contributed by atoms with E-state index >= 15 is 0 Å². The number of methoxy groups -OCH3 is 1. The van der Waals surface area contributed by atoms with Gasteiger partial charge in [0.2, 0.25) is 35.4 Å². The number of hydrogen-bond acceptors (Lipinski definition) is 15. The van der Waals surface area contributed by atoms with Crippen LogP contribution in [0.3, 0.4) is 0 Å². The Morgan fingerprint density at radius 3 is 1.14 bits per heavy atom. The molecule has 2 aromatic rings. The number of aryl methyl sites for hydroxylation is 2. The highest BCUT2D eigenvalue weighted by atomic mass is 32.1. The maximum absolute atomic E-state index is 10.3. The minimum Gasteiger partial charge on any atom is -0.397 e. The number of hydroxylamine groups is 2. The first kappa shape index (κ1) is 86.6. The highest BCUT2D eigenvalue weighted by Crippen LogP contribution is 2.17. The smallest absolute Gasteiger partial charge is 0.240 e. The monoisotopic (exact) mass is 961 g/mol. The van der Waals surface area contributed by atoms with Gasteiger partial charge in [-0.15, -0.1) is 0 Å². The molecule has 3 rings (SSSR count). The maximum Gasteiger partial charge on any atom is 0.240 e. The summed E-state index contributed by atoms with van der Waals surface area (Å²) in [5, 5.41) is 40.8. The second-order valence-corrected chi connectivity index (χ2v) is 13.4. The van der Waals surface area contributed by atoms with Gasteiger partial charge in [-0.3, -0.25) is 49.0 Å². The van der Waals surface area contributed by atoms with Crippen molar-refractivity contribution in [2.24, 2.45) is 0 Å². The standard InChI is InChI=1S/C6H13NO.C5H9NO.C4H6N2.C3H5N3.C3H7NO2.2C3H7NO.C3H7NS.C3H6O.C2H5NO2.2C2H6O.2CH4/c1-5(8)7-6(2,3)4;1-4(7)6-5-2-3-5;1-4-2-3-5-6-4;1-3-4-2-5-6-3;1-3(5)4-6-2;3*1-3(5)4-2;1-3(2)4;1-2(4)3-5;1-3-2;1-2-3;;/h1-4H3,(H,7,8);5H,2-3H2,1H3,(H,6,7);2-3H,1H3,(H,5,6);2H,1H3,(H,4,5,6);1-2H3,(H,4,5);3*1-2H3,(H,4,5);1-2H3;5H,1H3,(H,3,4);1-2H3;3H,2H2,1H3;2*1H4. The molecule has 1 fully saturated rings. The normalized spacial score (nSPS) is 8.78. The van der Waals surface area contributed by atoms with Crippen molar-refractivity contribution in [2.45, 2.75) is 143 Å². The zero-order valence-corrected chi connectivity index (χ0v) is 42.6. The van der Waals surface area contributed by atoms with Crippen LogP contribution >= 0.6 is 12.2 Å². The van der Waals surface area contributed by atoms with E-state index in [4.69, 9.17) is 10.3 Å². The van der Waals surface area contributed by atoms with Gasteiger partial charge >= 0.3 is 0 Å². The molecular formula is C41H92N12O11S. The van der Waals surface area contributed by atoms with Gasteiger partial charge in [0, 0.05) is 107 Å². The van der Waals surface area contributed by atoms with Crippen LogP contribution in [0.25, 0.3) is 0 Å². The number of aromatic amines is 2. The van der Waals surface area contributed by atoms with E-state index in [2.05, 4.69) is 79.2 Å². The number of nitrogens with zero attached hydrogens (tertiary/aromatic N) is 3. The molecule has 388 valence electrons. The Hall–Kier alpha value is -5.43. The number of carbonyl (C=O) groups is 7. The number of carbonyl (C=O) groups excluding carboxylic acids is 7. The molecule has 0 bridgehead atoms. The fourth-order valence-electron chi connectivity index (χ4n) is 1.78. The molecule has 1 saturated carbocycles. The maximum atomic E-state index is 10.3. The fourth-order valence-corrected chi connectivity index (χ4v) is 1.78. The van der Waals surface area contributed by atoms with Crippen LogP contribution in [0.5, 0.6) is 0 Å². The number of nitrogens with one attached hydrogen (secondary N) is 9. The number of rotatable bonds is 2. The Bertz CT molecular complexity index is 1250. The minimum atomic E-state index is -0.440. The van der Waals surface area contributed by atoms with Crippen molar-refractivity contribution >= 4 is 58.4 Å². The summed E-state index contributed by atoms with van der Waals surface area (Å²) >= 11 is 4.59. The fraction of sp³-hybridized carbons (Fsp3) is 0.683. The molecule has 23 nitrogen and oxygen atoms in total. The van der Waals surface area contributed by atoms with E-state index in [9.17, 15) is 33.6 Å². The molecule has 1 aliphatic rings. The second kappa shape index (κ2) is 67.6. The first-order valence-electron chi connectivity index (χ1n) is 19.0. The molecule has 11 N–H and O–H groups in total. The predicted octanol–water partition coefficient (Wildman–Crippen LogP) is 3.42. The van der Waals surface area contributed by atoms with Gasteiger partial charge in [0.05, 0.1) is 12.1 Å². The molecule has 0 aromatic carbocycles. The number of aliphatic hydroxyl groups excluding tert-OH is 1. The van der Waals surface area contributed by atoms with Crippen LogP contribution in [0.1, 0.15) is 129 Å². The summed E-state index contributed by atoms with van der Waals surface area (Å²) in [5.74, 6) is 0.535. The number of ether oxygens (including phenoxy) is 1. The van der Waals surface area contributed by atoms with Gasteiger partial charge in [-0.1, -0.05) is 27.1 Å². The molecule has 0 aliphatic heterocycles. The Morgan fingerprint density at radius 2 is 1.09 bits per heavy atom. The number of aliphatic hydroxyl groups is 1. The molecule has 6 amide bonds. The van der Waals surface area contributed by atoms with E-state index in [1.165, 1.54) is 80.2 Å². The van der Waals surface area contributed by atoms with Gasteiger partial charge < -0.3 is 41.2 Å². The second-order valence-electron chi connectivity index (χ2n) is 12.8. The quantitative estimate of drug-likeness (QED) is 0.117.